The van der Waals surface area contributed by atoms with Crippen molar-refractivity contribution in [2.24, 2.45) is 5.92 Å². The van der Waals surface area contributed by atoms with Crippen LogP contribution in [0.15, 0.2) is 18.2 Å². The van der Waals surface area contributed by atoms with Gasteiger partial charge in [0.15, 0.2) is 0 Å². The maximum Gasteiger partial charge on any atom is 0.233 e. The minimum absolute atomic E-state index is 0. The number of rotatable bonds is 6. The first-order chi connectivity index (χ1) is 12.6. The molecule has 1 aromatic rings. The average molecular weight is 395 g/mol. The van der Waals surface area contributed by atoms with E-state index in [-0.39, 0.29) is 17.8 Å². The summed E-state index contributed by atoms with van der Waals surface area (Å²) in [4.78, 5) is 15.7. The summed E-state index contributed by atoms with van der Waals surface area (Å²) in [5.41, 5.74) is 1.94. The van der Waals surface area contributed by atoms with Gasteiger partial charge in [0, 0.05) is 13.1 Å². The summed E-state index contributed by atoms with van der Waals surface area (Å²) < 4.78 is 5.54. The number of carbonyl (C=O) groups excluding carboxylic acids is 1. The summed E-state index contributed by atoms with van der Waals surface area (Å²) in [5, 5.41) is 3.45. The lowest BCUT2D eigenvalue weighted by atomic mass is 9.76. The quantitative estimate of drug-likeness (QED) is 0.790. The highest BCUT2D eigenvalue weighted by Crippen LogP contribution is 2.44. The molecule has 0 atom stereocenters. The predicted molar refractivity (Wildman–Crippen MR) is 113 cm³/mol. The van der Waals surface area contributed by atoms with Crippen molar-refractivity contribution in [2.45, 2.75) is 57.8 Å². The van der Waals surface area contributed by atoms with Gasteiger partial charge in [0.05, 0.1) is 12.5 Å². The second kappa shape index (κ2) is 9.79. The van der Waals surface area contributed by atoms with Crippen molar-refractivity contribution in [1.29, 1.82) is 0 Å². The fourth-order valence-corrected chi connectivity index (χ4v) is 4.71. The zero-order valence-corrected chi connectivity index (χ0v) is 17.9. The Kier molecular flexibility index (Phi) is 7.99. The Balaban J connectivity index is 0.00000261. The molecule has 2 fully saturated rings. The summed E-state index contributed by atoms with van der Waals surface area (Å²) in [6.07, 6.45) is 6.44. The molecule has 0 aromatic heterocycles. The van der Waals surface area contributed by atoms with E-state index in [1.165, 1.54) is 0 Å². The summed E-state index contributed by atoms with van der Waals surface area (Å²) in [7, 11) is 1.71. The van der Waals surface area contributed by atoms with Crippen LogP contribution in [-0.2, 0) is 10.2 Å². The van der Waals surface area contributed by atoms with Crippen LogP contribution in [0.1, 0.15) is 56.6 Å². The molecular weight excluding hydrogens is 360 g/mol. The summed E-state index contributed by atoms with van der Waals surface area (Å²) >= 11 is 0. The molecule has 1 aliphatic carbocycles. The van der Waals surface area contributed by atoms with Gasteiger partial charge < -0.3 is 15.0 Å². The van der Waals surface area contributed by atoms with Crippen LogP contribution in [0.2, 0.25) is 0 Å². The van der Waals surface area contributed by atoms with Gasteiger partial charge in [-0.15, -0.1) is 12.4 Å². The van der Waals surface area contributed by atoms with Gasteiger partial charge in [-0.1, -0.05) is 31.9 Å². The number of piperidine rings is 1. The van der Waals surface area contributed by atoms with Crippen molar-refractivity contribution in [3.8, 4) is 5.75 Å². The van der Waals surface area contributed by atoms with Crippen LogP contribution in [0.5, 0.6) is 5.75 Å². The molecule has 0 radical (unpaired) electrons. The molecule has 1 saturated carbocycles. The number of methoxy groups -OCH3 is 1. The maximum atomic E-state index is 13.6. The van der Waals surface area contributed by atoms with Crippen molar-refractivity contribution in [3.05, 3.63) is 29.3 Å². The Labute approximate surface area is 170 Å². The van der Waals surface area contributed by atoms with Crippen molar-refractivity contribution >= 4 is 18.3 Å². The van der Waals surface area contributed by atoms with E-state index in [1.54, 1.807) is 7.11 Å². The molecule has 2 aliphatic rings. The van der Waals surface area contributed by atoms with E-state index >= 15 is 0 Å². The average Bonchev–Trinajstić information content (AvgIpc) is 3.17. The number of nitrogens with one attached hydrogen (secondary N) is 1. The third-order valence-electron chi connectivity index (χ3n) is 6.41. The Bertz CT molecular complexity index is 621. The Hall–Kier alpha value is -1.26. The zero-order valence-electron chi connectivity index (χ0n) is 17.1. The molecule has 1 amide bonds. The van der Waals surface area contributed by atoms with Gasteiger partial charge in [-0.25, -0.2) is 0 Å². The molecule has 4 nitrogen and oxygen atoms in total. The number of benzene rings is 1. The number of halogens is 1. The van der Waals surface area contributed by atoms with Crippen LogP contribution in [0.4, 0.5) is 0 Å². The van der Waals surface area contributed by atoms with E-state index in [2.05, 4.69) is 42.3 Å². The van der Waals surface area contributed by atoms with E-state index in [0.29, 0.717) is 11.8 Å². The number of carbonyl (C=O) groups is 1. The van der Waals surface area contributed by atoms with E-state index in [4.69, 9.17) is 4.74 Å². The fraction of sp³-hybridized carbons (Fsp3) is 0.682. The van der Waals surface area contributed by atoms with Gasteiger partial charge in [0.1, 0.15) is 5.75 Å². The molecule has 27 heavy (non-hydrogen) atoms. The van der Waals surface area contributed by atoms with Gasteiger partial charge in [0.2, 0.25) is 5.91 Å². The smallest absolute Gasteiger partial charge is 0.233 e. The third-order valence-corrected chi connectivity index (χ3v) is 6.41. The molecule has 0 bridgehead atoms. The molecule has 5 heteroatoms. The van der Waals surface area contributed by atoms with Crippen molar-refractivity contribution in [3.63, 3.8) is 0 Å². The first kappa shape index (κ1) is 22.0. The van der Waals surface area contributed by atoms with Gasteiger partial charge in [-0.05, 0) is 68.8 Å². The molecule has 152 valence electrons. The van der Waals surface area contributed by atoms with Crippen LogP contribution in [-0.4, -0.2) is 44.1 Å². The van der Waals surface area contributed by atoms with Gasteiger partial charge >= 0.3 is 0 Å². The number of hydrogen-bond donors (Lipinski definition) is 1. The lowest BCUT2D eigenvalue weighted by molar-refractivity contribution is -0.138. The maximum absolute atomic E-state index is 13.6. The molecule has 1 heterocycles. The molecule has 1 saturated heterocycles. The normalized spacial score (nSPS) is 19.6. The number of hydrogen-bond acceptors (Lipinski definition) is 3. The van der Waals surface area contributed by atoms with Crippen LogP contribution in [0, 0.1) is 12.8 Å². The number of ether oxygens (including phenoxy) is 1. The third kappa shape index (κ3) is 4.60. The van der Waals surface area contributed by atoms with E-state index < -0.39 is 0 Å². The topological polar surface area (TPSA) is 41.6 Å². The molecular formula is C22H35ClN2O2. The number of aryl methyl sites for hydroxylation is 1. The number of likely N-dealkylation sites (tertiary alicyclic amines) is 1. The summed E-state index contributed by atoms with van der Waals surface area (Å²) in [6.45, 7) is 8.12. The molecule has 1 N–H and O–H groups in total. The minimum atomic E-state index is -0.338. The highest BCUT2D eigenvalue weighted by Gasteiger charge is 2.45. The van der Waals surface area contributed by atoms with E-state index in [1.807, 2.05) is 0 Å². The highest BCUT2D eigenvalue weighted by molar-refractivity contribution is 5.89. The summed E-state index contributed by atoms with van der Waals surface area (Å²) in [5.74, 6) is 1.95. The van der Waals surface area contributed by atoms with Crippen molar-refractivity contribution in [1.82, 2.24) is 10.2 Å². The number of nitrogens with zero attached hydrogens (tertiary/aromatic N) is 1. The lowest BCUT2D eigenvalue weighted by Crippen LogP contribution is -2.49. The van der Waals surface area contributed by atoms with Gasteiger partial charge in [-0.3, -0.25) is 4.79 Å². The number of amides is 1. The van der Waals surface area contributed by atoms with Crippen LogP contribution in [0.25, 0.3) is 0 Å². The van der Waals surface area contributed by atoms with Gasteiger partial charge in [-0.2, -0.15) is 0 Å². The SMILES string of the molecule is CCNCC1CCN(C(=O)C2(c3ccc(C)c(OC)c3)CCCC2)CC1.Cl. The van der Waals surface area contributed by atoms with Gasteiger partial charge in [0.25, 0.3) is 0 Å². The second-order valence-electron chi connectivity index (χ2n) is 8.02. The molecule has 0 spiro atoms. The summed E-state index contributed by atoms with van der Waals surface area (Å²) in [6, 6.07) is 6.36. The van der Waals surface area contributed by atoms with E-state index in [0.717, 1.165) is 81.6 Å². The first-order valence-corrected chi connectivity index (χ1v) is 10.3. The zero-order chi connectivity index (χ0) is 18.6. The first-order valence-electron chi connectivity index (χ1n) is 10.3. The highest BCUT2D eigenvalue weighted by atomic mass is 35.5. The van der Waals surface area contributed by atoms with Crippen molar-refractivity contribution in [2.75, 3.05) is 33.3 Å². The monoisotopic (exact) mass is 394 g/mol. The predicted octanol–water partition coefficient (Wildman–Crippen LogP) is 4.09. The van der Waals surface area contributed by atoms with Crippen LogP contribution >= 0.6 is 12.4 Å². The molecule has 0 unspecified atom stereocenters. The lowest BCUT2D eigenvalue weighted by Gasteiger charge is -2.39. The Morgan fingerprint density at radius 2 is 1.93 bits per heavy atom. The van der Waals surface area contributed by atoms with Crippen molar-refractivity contribution < 1.29 is 9.53 Å². The molecule has 1 aromatic carbocycles. The fourth-order valence-electron chi connectivity index (χ4n) is 4.71. The van der Waals surface area contributed by atoms with Crippen LogP contribution in [0.3, 0.4) is 0 Å². The second-order valence-corrected chi connectivity index (χ2v) is 8.02. The minimum Gasteiger partial charge on any atom is -0.496 e. The molecule has 1 aliphatic heterocycles. The molecule has 3 rings (SSSR count). The Morgan fingerprint density at radius 3 is 2.52 bits per heavy atom. The van der Waals surface area contributed by atoms with E-state index in [9.17, 15) is 4.79 Å². The standard InChI is InChI=1S/C22H34N2O2.ClH/c1-4-23-16-18-9-13-24(14-10-18)21(25)22(11-5-6-12-22)19-8-7-17(2)20(15-19)26-3;/h7-8,15,18,23H,4-6,9-14,16H2,1-3H3;1H. The Morgan fingerprint density at radius 1 is 1.26 bits per heavy atom. The largest absolute Gasteiger partial charge is 0.496 e. The van der Waals surface area contributed by atoms with Crippen LogP contribution < -0.4 is 10.1 Å².